The van der Waals surface area contributed by atoms with Crippen molar-refractivity contribution in [3.05, 3.63) is 0 Å². The van der Waals surface area contributed by atoms with Crippen LogP contribution in [0.5, 0.6) is 0 Å². The second-order valence-corrected chi connectivity index (χ2v) is 5.32. The third-order valence-corrected chi connectivity index (χ3v) is 4.41. The Morgan fingerprint density at radius 3 is 2.59 bits per heavy atom. The van der Waals surface area contributed by atoms with Gasteiger partial charge in [-0.05, 0) is 31.6 Å². The second kappa shape index (κ2) is 4.67. The Kier molecular flexibility index (Phi) is 3.40. The minimum Gasteiger partial charge on any atom is -0.479 e. The van der Waals surface area contributed by atoms with E-state index in [1.54, 1.807) is 4.90 Å². The van der Waals surface area contributed by atoms with Crippen LogP contribution in [0.2, 0.25) is 0 Å². The molecule has 0 bridgehead atoms. The van der Waals surface area contributed by atoms with E-state index in [9.17, 15) is 14.7 Å². The number of carboxylic acid groups (broad SMARTS) is 1. The summed E-state index contributed by atoms with van der Waals surface area (Å²) in [5, 5.41) is 9.67. The molecule has 2 aliphatic carbocycles. The van der Waals surface area contributed by atoms with E-state index in [1.807, 2.05) is 6.92 Å². The molecule has 2 fully saturated rings. The smallest absolute Gasteiger partial charge is 0.329 e. The number of carbonyl (C=O) groups excluding carboxylic acids is 1. The predicted molar refractivity (Wildman–Crippen MR) is 63.5 cm³/mol. The summed E-state index contributed by atoms with van der Waals surface area (Å²) in [6.07, 6.45) is 7.10. The van der Waals surface area contributed by atoms with Crippen molar-refractivity contribution >= 4 is 12.4 Å². The maximum Gasteiger partial charge on any atom is 0.329 e. The maximum absolute atomic E-state index is 11.8. The second-order valence-electron chi connectivity index (χ2n) is 5.32. The quantitative estimate of drug-likeness (QED) is 0.747. The average Bonchev–Trinajstić information content (AvgIpc) is 3.14. The van der Waals surface area contributed by atoms with Gasteiger partial charge in [0, 0.05) is 6.04 Å². The minimum absolute atomic E-state index is 0.111. The van der Waals surface area contributed by atoms with Gasteiger partial charge in [-0.1, -0.05) is 26.2 Å². The highest BCUT2D eigenvalue weighted by Crippen LogP contribution is 2.44. The van der Waals surface area contributed by atoms with Gasteiger partial charge in [0.2, 0.25) is 6.41 Å². The van der Waals surface area contributed by atoms with E-state index in [0.717, 1.165) is 44.9 Å². The number of carboxylic acids is 1. The van der Waals surface area contributed by atoms with Crippen LogP contribution in [0.4, 0.5) is 0 Å². The van der Waals surface area contributed by atoms with Gasteiger partial charge in [0.15, 0.2) is 0 Å². The van der Waals surface area contributed by atoms with E-state index in [0.29, 0.717) is 6.42 Å². The molecule has 2 rings (SSSR count). The minimum atomic E-state index is -0.921. The standard InChI is InChI=1S/C13H21NO3/c1-2-10-5-3-4-8-13(10,12(16)17)14(9-15)11-6-7-11/h9-11H,2-8H2,1H3,(H,16,17). The maximum atomic E-state index is 11.8. The lowest BCUT2D eigenvalue weighted by molar-refractivity contribution is -0.163. The van der Waals surface area contributed by atoms with Crippen molar-refractivity contribution in [1.29, 1.82) is 0 Å². The number of amides is 1. The van der Waals surface area contributed by atoms with Gasteiger partial charge in [0.1, 0.15) is 5.54 Å². The van der Waals surface area contributed by atoms with Gasteiger partial charge in [-0.15, -0.1) is 0 Å². The number of aliphatic carboxylic acids is 1. The third kappa shape index (κ3) is 1.94. The monoisotopic (exact) mass is 239 g/mol. The highest BCUT2D eigenvalue weighted by molar-refractivity contribution is 5.82. The third-order valence-electron chi connectivity index (χ3n) is 4.41. The Hall–Kier alpha value is -1.06. The van der Waals surface area contributed by atoms with Crippen LogP contribution >= 0.6 is 0 Å². The van der Waals surface area contributed by atoms with Crippen molar-refractivity contribution in [3.8, 4) is 0 Å². The van der Waals surface area contributed by atoms with Gasteiger partial charge in [-0.2, -0.15) is 0 Å². The molecule has 1 N–H and O–H groups in total. The van der Waals surface area contributed by atoms with Crippen molar-refractivity contribution < 1.29 is 14.7 Å². The molecule has 4 nitrogen and oxygen atoms in total. The van der Waals surface area contributed by atoms with Crippen molar-refractivity contribution in [2.45, 2.75) is 63.5 Å². The van der Waals surface area contributed by atoms with Crippen molar-refractivity contribution in [3.63, 3.8) is 0 Å². The number of rotatable bonds is 5. The first-order valence-electron chi connectivity index (χ1n) is 6.64. The first-order valence-corrected chi connectivity index (χ1v) is 6.64. The molecule has 0 aromatic carbocycles. The SMILES string of the molecule is CCC1CCCCC1(C(=O)O)N(C=O)C1CC1. The summed E-state index contributed by atoms with van der Waals surface area (Å²) in [6.45, 7) is 2.03. The van der Waals surface area contributed by atoms with Crippen LogP contribution in [0.3, 0.4) is 0 Å². The van der Waals surface area contributed by atoms with Gasteiger partial charge < -0.3 is 10.0 Å². The molecule has 0 spiro atoms. The first-order chi connectivity index (χ1) is 8.16. The zero-order valence-electron chi connectivity index (χ0n) is 10.4. The van der Waals surface area contributed by atoms with E-state index in [2.05, 4.69) is 0 Å². The Bertz CT molecular complexity index is 314. The number of nitrogens with zero attached hydrogens (tertiary/aromatic N) is 1. The van der Waals surface area contributed by atoms with Gasteiger partial charge >= 0.3 is 5.97 Å². The summed E-state index contributed by atoms with van der Waals surface area (Å²) in [6, 6.07) is 0.177. The topological polar surface area (TPSA) is 57.6 Å². The van der Waals surface area contributed by atoms with Crippen LogP contribution in [-0.2, 0) is 9.59 Å². The molecule has 0 heterocycles. The predicted octanol–water partition coefficient (Wildman–Crippen LogP) is 2.03. The molecular weight excluding hydrogens is 218 g/mol. The van der Waals surface area contributed by atoms with Gasteiger partial charge in [-0.3, -0.25) is 4.79 Å². The van der Waals surface area contributed by atoms with Crippen LogP contribution in [0.15, 0.2) is 0 Å². The van der Waals surface area contributed by atoms with Crippen molar-refractivity contribution in [2.24, 2.45) is 5.92 Å². The van der Waals surface area contributed by atoms with E-state index in [4.69, 9.17) is 0 Å². The molecule has 4 heteroatoms. The molecule has 1 amide bonds. The Labute approximate surface area is 102 Å². The van der Waals surface area contributed by atoms with Crippen LogP contribution in [0.25, 0.3) is 0 Å². The number of carbonyl (C=O) groups is 2. The summed E-state index contributed by atoms with van der Waals surface area (Å²) in [5.41, 5.74) is -0.921. The lowest BCUT2D eigenvalue weighted by Gasteiger charge is -2.46. The summed E-state index contributed by atoms with van der Waals surface area (Å²) in [7, 11) is 0. The highest BCUT2D eigenvalue weighted by Gasteiger charge is 2.54. The fourth-order valence-electron chi connectivity index (χ4n) is 3.36. The van der Waals surface area contributed by atoms with Crippen LogP contribution in [0.1, 0.15) is 51.9 Å². The molecule has 0 aromatic rings. The van der Waals surface area contributed by atoms with Crippen LogP contribution in [-0.4, -0.2) is 34.0 Å². The van der Waals surface area contributed by atoms with E-state index in [-0.39, 0.29) is 12.0 Å². The zero-order valence-corrected chi connectivity index (χ0v) is 10.4. The molecule has 2 saturated carbocycles. The summed E-state index contributed by atoms with van der Waals surface area (Å²) >= 11 is 0. The molecular formula is C13H21NO3. The van der Waals surface area contributed by atoms with E-state index < -0.39 is 11.5 Å². The normalized spacial score (nSPS) is 33.1. The van der Waals surface area contributed by atoms with E-state index in [1.165, 1.54) is 0 Å². The molecule has 0 aromatic heterocycles. The lowest BCUT2D eigenvalue weighted by Crippen LogP contribution is -2.61. The Morgan fingerprint density at radius 1 is 1.41 bits per heavy atom. The number of hydrogen-bond donors (Lipinski definition) is 1. The zero-order chi connectivity index (χ0) is 12.5. The Morgan fingerprint density at radius 2 is 2.12 bits per heavy atom. The van der Waals surface area contributed by atoms with Gasteiger partial charge in [0.25, 0.3) is 0 Å². The fourth-order valence-corrected chi connectivity index (χ4v) is 3.36. The van der Waals surface area contributed by atoms with E-state index >= 15 is 0 Å². The molecule has 0 aliphatic heterocycles. The van der Waals surface area contributed by atoms with Crippen LogP contribution < -0.4 is 0 Å². The molecule has 2 aliphatic rings. The molecule has 0 saturated heterocycles. The fraction of sp³-hybridized carbons (Fsp3) is 0.846. The molecule has 2 atom stereocenters. The molecule has 96 valence electrons. The lowest BCUT2D eigenvalue weighted by atomic mass is 9.70. The largest absolute Gasteiger partial charge is 0.479 e. The number of hydrogen-bond acceptors (Lipinski definition) is 2. The van der Waals surface area contributed by atoms with Gasteiger partial charge in [0.05, 0.1) is 0 Å². The van der Waals surface area contributed by atoms with Crippen molar-refractivity contribution in [1.82, 2.24) is 4.90 Å². The molecule has 2 unspecified atom stereocenters. The van der Waals surface area contributed by atoms with Crippen molar-refractivity contribution in [2.75, 3.05) is 0 Å². The van der Waals surface area contributed by atoms with Crippen LogP contribution in [0, 0.1) is 5.92 Å². The Balaban J connectivity index is 2.34. The first kappa shape index (κ1) is 12.4. The summed E-state index contributed by atoms with van der Waals surface area (Å²) in [5.74, 6) is -0.692. The summed E-state index contributed by atoms with van der Waals surface area (Å²) in [4.78, 5) is 24.7. The summed E-state index contributed by atoms with van der Waals surface area (Å²) < 4.78 is 0. The highest BCUT2D eigenvalue weighted by atomic mass is 16.4. The molecule has 17 heavy (non-hydrogen) atoms. The van der Waals surface area contributed by atoms with Gasteiger partial charge in [-0.25, -0.2) is 4.79 Å². The average molecular weight is 239 g/mol. The molecule has 0 radical (unpaired) electrons.